The van der Waals surface area contributed by atoms with Gasteiger partial charge in [0.2, 0.25) is 5.95 Å². The van der Waals surface area contributed by atoms with Crippen LogP contribution in [0.5, 0.6) is 0 Å². The van der Waals surface area contributed by atoms with E-state index in [0.717, 1.165) is 13.0 Å². The number of hydrogen-bond donors (Lipinski definition) is 1. The van der Waals surface area contributed by atoms with Gasteiger partial charge in [-0.25, -0.2) is 13.8 Å². The third-order valence-electron chi connectivity index (χ3n) is 1.98. The largest absolute Gasteiger partial charge is 0.354 e. The van der Waals surface area contributed by atoms with Crippen molar-refractivity contribution >= 4 is 11.8 Å². The summed E-state index contributed by atoms with van der Waals surface area (Å²) >= 11 is 0. The predicted molar refractivity (Wildman–Crippen MR) is 60.1 cm³/mol. The van der Waals surface area contributed by atoms with Gasteiger partial charge in [-0.15, -0.1) is 0 Å². The fourth-order valence-corrected chi connectivity index (χ4v) is 1.18. The maximum Gasteiger partial charge on any atom is 0.255 e. The summed E-state index contributed by atoms with van der Waals surface area (Å²) in [6.45, 7) is 2.46. The zero-order chi connectivity index (χ0) is 12.0. The summed E-state index contributed by atoms with van der Waals surface area (Å²) in [7, 11) is 1.58. The summed E-state index contributed by atoms with van der Waals surface area (Å²) in [5.74, 6) is 0.967. The van der Waals surface area contributed by atoms with Crippen molar-refractivity contribution in [3.05, 3.63) is 12.3 Å². The average Bonchev–Trinajstić information content (AvgIpc) is 2.26. The minimum atomic E-state index is -2.37. The molecule has 0 fully saturated rings. The second-order valence-electron chi connectivity index (χ2n) is 3.44. The first-order valence-electron chi connectivity index (χ1n) is 5.19. The Morgan fingerprint density at radius 1 is 1.50 bits per heavy atom. The van der Waals surface area contributed by atoms with Crippen LogP contribution in [0.25, 0.3) is 0 Å². The predicted octanol–water partition coefficient (Wildman–Crippen LogP) is 2.00. The van der Waals surface area contributed by atoms with E-state index in [9.17, 15) is 8.78 Å². The molecular formula is C10H16F2N4. The van der Waals surface area contributed by atoms with Gasteiger partial charge in [-0.05, 0) is 12.5 Å². The van der Waals surface area contributed by atoms with E-state index in [-0.39, 0.29) is 6.54 Å². The molecule has 0 radical (unpaired) electrons. The van der Waals surface area contributed by atoms with Gasteiger partial charge in [-0.1, -0.05) is 6.92 Å². The van der Waals surface area contributed by atoms with Crippen LogP contribution in [0.15, 0.2) is 12.3 Å². The molecule has 0 amide bonds. The molecule has 4 nitrogen and oxygen atoms in total. The second kappa shape index (κ2) is 6.19. The Balaban J connectivity index is 2.65. The molecule has 0 saturated heterocycles. The van der Waals surface area contributed by atoms with E-state index in [1.165, 1.54) is 4.90 Å². The topological polar surface area (TPSA) is 41.1 Å². The molecule has 90 valence electrons. The molecule has 16 heavy (non-hydrogen) atoms. The molecule has 0 saturated carbocycles. The SMILES string of the molecule is CCCNc1nccc(N(C)CC(F)F)n1. The van der Waals surface area contributed by atoms with Gasteiger partial charge >= 0.3 is 0 Å². The molecule has 0 aliphatic carbocycles. The Kier molecular flexibility index (Phi) is 4.88. The van der Waals surface area contributed by atoms with Crippen molar-refractivity contribution in [3.63, 3.8) is 0 Å². The van der Waals surface area contributed by atoms with E-state index in [4.69, 9.17) is 0 Å². The molecule has 6 heteroatoms. The highest BCUT2D eigenvalue weighted by Crippen LogP contribution is 2.11. The monoisotopic (exact) mass is 230 g/mol. The first-order valence-corrected chi connectivity index (χ1v) is 5.19. The summed E-state index contributed by atoms with van der Waals surface area (Å²) in [5, 5.41) is 3.01. The first-order chi connectivity index (χ1) is 7.63. The van der Waals surface area contributed by atoms with Gasteiger partial charge in [0, 0.05) is 19.8 Å². The summed E-state index contributed by atoms with van der Waals surface area (Å²) < 4.78 is 24.3. The first kappa shape index (κ1) is 12.6. The Morgan fingerprint density at radius 3 is 2.88 bits per heavy atom. The number of rotatable bonds is 6. The maximum atomic E-state index is 12.2. The van der Waals surface area contributed by atoms with Crippen molar-refractivity contribution in [1.82, 2.24) is 9.97 Å². The number of hydrogen-bond acceptors (Lipinski definition) is 4. The van der Waals surface area contributed by atoms with Crippen molar-refractivity contribution in [1.29, 1.82) is 0 Å². The zero-order valence-corrected chi connectivity index (χ0v) is 9.45. The Bertz CT molecular complexity index is 319. The van der Waals surface area contributed by atoms with Gasteiger partial charge in [0.05, 0.1) is 6.54 Å². The number of anilines is 2. The molecular weight excluding hydrogens is 214 g/mol. The van der Waals surface area contributed by atoms with Crippen LogP contribution >= 0.6 is 0 Å². The third kappa shape index (κ3) is 3.96. The normalized spacial score (nSPS) is 10.6. The molecule has 0 unspecified atom stereocenters. The minimum absolute atomic E-state index is 0.329. The Hall–Kier alpha value is -1.46. The third-order valence-corrected chi connectivity index (χ3v) is 1.98. The van der Waals surface area contributed by atoms with Crippen molar-refractivity contribution in [2.75, 3.05) is 30.4 Å². The maximum absolute atomic E-state index is 12.2. The summed E-state index contributed by atoms with van der Waals surface area (Å²) in [4.78, 5) is 9.54. The molecule has 1 aromatic heterocycles. The Morgan fingerprint density at radius 2 is 2.25 bits per heavy atom. The molecule has 1 N–H and O–H groups in total. The van der Waals surface area contributed by atoms with Crippen molar-refractivity contribution in [2.24, 2.45) is 0 Å². The second-order valence-corrected chi connectivity index (χ2v) is 3.44. The van der Waals surface area contributed by atoms with Gasteiger partial charge < -0.3 is 10.2 Å². The van der Waals surface area contributed by atoms with Crippen LogP contribution in [0.2, 0.25) is 0 Å². The van der Waals surface area contributed by atoms with Crippen LogP contribution in [0.3, 0.4) is 0 Å². The van der Waals surface area contributed by atoms with E-state index in [1.807, 2.05) is 6.92 Å². The highest BCUT2D eigenvalue weighted by molar-refractivity contribution is 5.41. The molecule has 0 aromatic carbocycles. The number of nitrogens with zero attached hydrogens (tertiary/aromatic N) is 3. The quantitative estimate of drug-likeness (QED) is 0.811. The lowest BCUT2D eigenvalue weighted by molar-refractivity contribution is 0.156. The van der Waals surface area contributed by atoms with E-state index in [0.29, 0.717) is 11.8 Å². The molecule has 1 aromatic rings. The van der Waals surface area contributed by atoms with Crippen LogP contribution in [-0.2, 0) is 0 Å². The van der Waals surface area contributed by atoms with E-state index < -0.39 is 6.43 Å². The fourth-order valence-electron chi connectivity index (χ4n) is 1.18. The summed E-state index contributed by atoms with van der Waals surface area (Å²) in [6, 6.07) is 1.61. The summed E-state index contributed by atoms with van der Waals surface area (Å²) in [6.07, 6.45) is 0.148. The van der Waals surface area contributed by atoms with Crippen LogP contribution in [0, 0.1) is 0 Å². The summed E-state index contributed by atoms with van der Waals surface area (Å²) in [5.41, 5.74) is 0. The van der Waals surface area contributed by atoms with Gasteiger partial charge in [-0.2, -0.15) is 4.98 Å². The lowest BCUT2D eigenvalue weighted by Gasteiger charge is -2.17. The lowest BCUT2D eigenvalue weighted by atomic mass is 10.5. The highest BCUT2D eigenvalue weighted by Gasteiger charge is 2.10. The number of nitrogens with one attached hydrogen (secondary N) is 1. The molecule has 0 spiro atoms. The molecule has 0 atom stereocenters. The highest BCUT2D eigenvalue weighted by atomic mass is 19.3. The molecule has 0 aliphatic rings. The van der Waals surface area contributed by atoms with Crippen LogP contribution in [0.1, 0.15) is 13.3 Å². The smallest absolute Gasteiger partial charge is 0.255 e. The van der Waals surface area contributed by atoms with E-state index >= 15 is 0 Å². The number of halogens is 2. The van der Waals surface area contributed by atoms with Crippen LogP contribution < -0.4 is 10.2 Å². The molecule has 1 rings (SSSR count). The zero-order valence-electron chi connectivity index (χ0n) is 9.45. The lowest BCUT2D eigenvalue weighted by Crippen LogP contribution is -2.25. The number of alkyl halides is 2. The van der Waals surface area contributed by atoms with Crippen molar-refractivity contribution in [3.8, 4) is 0 Å². The van der Waals surface area contributed by atoms with Gasteiger partial charge in [0.15, 0.2) is 0 Å². The fraction of sp³-hybridized carbons (Fsp3) is 0.600. The number of aromatic nitrogens is 2. The standard InChI is InChI=1S/C10H16F2N4/c1-3-5-13-10-14-6-4-9(15-10)16(2)7-8(11)12/h4,6,8H,3,5,7H2,1-2H3,(H,13,14,15). The van der Waals surface area contributed by atoms with Crippen LogP contribution in [0.4, 0.5) is 20.5 Å². The van der Waals surface area contributed by atoms with Crippen LogP contribution in [-0.4, -0.2) is 36.5 Å². The van der Waals surface area contributed by atoms with Crippen molar-refractivity contribution < 1.29 is 8.78 Å². The van der Waals surface area contributed by atoms with E-state index in [1.54, 1.807) is 19.3 Å². The molecule has 0 bridgehead atoms. The van der Waals surface area contributed by atoms with Gasteiger partial charge in [-0.3, -0.25) is 0 Å². The van der Waals surface area contributed by atoms with Gasteiger partial charge in [0.1, 0.15) is 5.82 Å². The minimum Gasteiger partial charge on any atom is -0.354 e. The average molecular weight is 230 g/mol. The molecule has 0 aliphatic heterocycles. The van der Waals surface area contributed by atoms with Crippen molar-refractivity contribution in [2.45, 2.75) is 19.8 Å². The van der Waals surface area contributed by atoms with E-state index in [2.05, 4.69) is 15.3 Å². The molecule has 1 heterocycles. The van der Waals surface area contributed by atoms with Gasteiger partial charge in [0.25, 0.3) is 6.43 Å². The Labute approximate surface area is 93.7 Å².